The van der Waals surface area contributed by atoms with Crippen molar-refractivity contribution < 1.29 is 19.5 Å². The molecule has 0 saturated carbocycles. The molecule has 1 atom stereocenters. The molecular weight excluding hydrogens is 436 g/mol. The predicted molar refractivity (Wildman–Crippen MR) is 114 cm³/mol. The molecule has 0 aliphatic carbocycles. The van der Waals surface area contributed by atoms with Crippen LogP contribution in [-0.2, 0) is 15.2 Å². The van der Waals surface area contributed by atoms with Gasteiger partial charge in [0.05, 0.1) is 12.1 Å². The molecule has 0 aromatic heterocycles. The van der Waals surface area contributed by atoms with E-state index in [4.69, 9.17) is 0 Å². The van der Waals surface area contributed by atoms with E-state index in [2.05, 4.69) is 15.9 Å². The highest BCUT2D eigenvalue weighted by Crippen LogP contribution is 2.42. The van der Waals surface area contributed by atoms with Crippen molar-refractivity contribution in [2.45, 2.75) is 25.9 Å². The van der Waals surface area contributed by atoms with Gasteiger partial charge < -0.3 is 10.0 Å². The van der Waals surface area contributed by atoms with Crippen molar-refractivity contribution in [2.24, 2.45) is 0 Å². The topological polar surface area (TPSA) is 77.9 Å². The van der Waals surface area contributed by atoms with Crippen LogP contribution in [0.3, 0.4) is 0 Å². The number of hydrogen-bond acceptors (Lipinski definition) is 4. The Kier molecular flexibility index (Phi) is 6.19. The second-order valence-corrected chi connectivity index (χ2v) is 7.86. The number of ketones is 1. The Morgan fingerprint density at radius 3 is 2.31 bits per heavy atom. The van der Waals surface area contributed by atoms with Crippen molar-refractivity contribution in [2.75, 3.05) is 24.5 Å². The summed E-state index contributed by atoms with van der Waals surface area (Å²) in [6.45, 7) is 4.63. The summed E-state index contributed by atoms with van der Waals surface area (Å²) in [4.78, 5) is 41.5. The Hall–Kier alpha value is -2.51. The number of amides is 2. The molecule has 0 fully saturated rings. The molecule has 1 aliphatic rings. The Labute approximate surface area is 178 Å². The molecule has 2 amide bonds. The van der Waals surface area contributed by atoms with Crippen LogP contribution in [0.15, 0.2) is 53.0 Å². The first kappa shape index (κ1) is 21.2. The van der Waals surface area contributed by atoms with E-state index in [0.29, 0.717) is 29.9 Å². The fourth-order valence-corrected chi connectivity index (χ4v) is 3.88. The Bertz CT molecular complexity index is 940. The third-order valence-corrected chi connectivity index (χ3v) is 5.76. The molecule has 0 saturated heterocycles. The van der Waals surface area contributed by atoms with Crippen molar-refractivity contribution >= 4 is 39.2 Å². The van der Waals surface area contributed by atoms with E-state index >= 15 is 0 Å². The molecular formula is C22H23BrN2O4. The van der Waals surface area contributed by atoms with Gasteiger partial charge in [-0.1, -0.05) is 46.3 Å². The largest absolute Gasteiger partial charge is 0.375 e. The van der Waals surface area contributed by atoms with Crippen molar-refractivity contribution in [1.29, 1.82) is 0 Å². The molecule has 2 aromatic carbocycles. The maximum atomic E-state index is 13.2. The molecule has 6 nitrogen and oxygen atoms in total. The lowest BCUT2D eigenvalue weighted by molar-refractivity contribution is -0.138. The molecule has 1 N–H and O–H groups in total. The predicted octanol–water partition coefficient (Wildman–Crippen LogP) is 3.12. The van der Waals surface area contributed by atoms with Gasteiger partial charge in [-0.05, 0) is 32.0 Å². The zero-order valence-corrected chi connectivity index (χ0v) is 18.0. The second-order valence-electron chi connectivity index (χ2n) is 6.94. The first-order valence-corrected chi connectivity index (χ1v) is 10.3. The van der Waals surface area contributed by atoms with Gasteiger partial charge in [0.25, 0.3) is 5.91 Å². The Morgan fingerprint density at radius 1 is 1.07 bits per heavy atom. The number of fused-ring (bicyclic) bond motifs is 1. The summed E-state index contributed by atoms with van der Waals surface area (Å²) >= 11 is 3.32. The summed E-state index contributed by atoms with van der Waals surface area (Å²) in [7, 11) is 0. The smallest absolute Gasteiger partial charge is 0.264 e. The number of nitrogens with zero attached hydrogens (tertiary/aromatic N) is 2. The number of halogens is 1. The van der Waals surface area contributed by atoms with E-state index in [9.17, 15) is 19.5 Å². The summed E-state index contributed by atoms with van der Waals surface area (Å²) < 4.78 is 0.830. The lowest BCUT2D eigenvalue weighted by Gasteiger charge is -2.25. The van der Waals surface area contributed by atoms with Crippen molar-refractivity contribution in [3.63, 3.8) is 0 Å². The molecule has 3 rings (SSSR count). The van der Waals surface area contributed by atoms with Gasteiger partial charge in [-0.25, -0.2) is 0 Å². The summed E-state index contributed by atoms with van der Waals surface area (Å²) in [6, 6.07) is 13.5. The first-order chi connectivity index (χ1) is 13.8. The van der Waals surface area contributed by atoms with E-state index in [1.54, 1.807) is 53.4 Å². The number of anilines is 1. The van der Waals surface area contributed by atoms with E-state index in [0.717, 1.165) is 4.47 Å². The Balaban J connectivity index is 1.91. The molecule has 0 unspecified atom stereocenters. The number of Topliss-reactive ketones (excluding diaryl/α,β-unsaturated/α-hetero) is 1. The number of carbonyl (C=O) groups excluding carboxylic acids is 3. The summed E-state index contributed by atoms with van der Waals surface area (Å²) in [5, 5.41) is 11.3. The van der Waals surface area contributed by atoms with Crippen LogP contribution in [0.5, 0.6) is 0 Å². The molecule has 0 radical (unpaired) electrons. The van der Waals surface area contributed by atoms with E-state index < -0.39 is 11.5 Å². The third-order valence-electron chi connectivity index (χ3n) is 5.23. The maximum Gasteiger partial charge on any atom is 0.264 e. The number of aliphatic hydroxyl groups is 1. The highest BCUT2D eigenvalue weighted by Gasteiger charge is 2.51. The monoisotopic (exact) mass is 458 g/mol. The van der Waals surface area contributed by atoms with Crippen LogP contribution in [-0.4, -0.2) is 47.2 Å². The van der Waals surface area contributed by atoms with Gasteiger partial charge in [-0.2, -0.15) is 0 Å². The molecule has 0 spiro atoms. The van der Waals surface area contributed by atoms with Gasteiger partial charge in [0.1, 0.15) is 6.54 Å². The molecule has 1 aliphatic heterocycles. The number of rotatable bonds is 7. The molecule has 29 heavy (non-hydrogen) atoms. The average molecular weight is 459 g/mol. The van der Waals surface area contributed by atoms with Crippen LogP contribution in [0, 0.1) is 0 Å². The number of para-hydroxylation sites is 1. The zero-order chi connectivity index (χ0) is 21.2. The standard InChI is InChI=1S/C22H23BrN2O4/c1-3-24(4-2)20(27)14-25-18-8-6-5-7-17(18)22(29,21(25)28)13-19(26)15-9-11-16(23)12-10-15/h5-12,29H,3-4,13-14H2,1-2H3/t22-/m0/s1. The van der Waals surface area contributed by atoms with Crippen LogP contribution < -0.4 is 4.90 Å². The summed E-state index contributed by atoms with van der Waals surface area (Å²) in [5.74, 6) is -1.20. The fraction of sp³-hybridized carbons (Fsp3) is 0.318. The van der Waals surface area contributed by atoms with Crippen molar-refractivity contribution in [3.05, 3.63) is 64.1 Å². The van der Waals surface area contributed by atoms with E-state index in [1.807, 2.05) is 13.8 Å². The lowest BCUT2D eigenvalue weighted by atomic mass is 9.88. The van der Waals surface area contributed by atoms with Gasteiger partial charge in [-0.3, -0.25) is 19.3 Å². The summed E-state index contributed by atoms with van der Waals surface area (Å²) in [6.07, 6.45) is -0.388. The summed E-state index contributed by atoms with van der Waals surface area (Å²) in [5.41, 5.74) is -0.777. The normalized spacial score (nSPS) is 17.9. The van der Waals surface area contributed by atoms with Crippen LogP contribution >= 0.6 is 15.9 Å². The van der Waals surface area contributed by atoms with Crippen molar-refractivity contribution in [3.8, 4) is 0 Å². The van der Waals surface area contributed by atoms with Crippen LogP contribution in [0.2, 0.25) is 0 Å². The van der Waals surface area contributed by atoms with Gasteiger partial charge in [-0.15, -0.1) is 0 Å². The minimum atomic E-state index is -2.00. The van der Waals surface area contributed by atoms with Crippen LogP contribution in [0.4, 0.5) is 5.69 Å². The van der Waals surface area contributed by atoms with E-state index in [1.165, 1.54) is 4.90 Å². The van der Waals surface area contributed by atoms with Gasteiger partial charge in [0.2, 0.25) is 5.91 Å². The fourth-order valence-electron chi connectivity index (χ4n) is 3.62. The Morgan fingerprint density at radius 2 is 1.69 bits per heavy atom. The number of likely N-dealkylation sites (N-methyl/N-ethyl adjacent to an activating group) is 1. The average Bonchev–Trinajstić information content (AvgIpc) is 2.91. The second kappa shape index (κ2) is 8.47. The van der Waals surface area contributed by atoms with Gasteiger partial charge in [0, 0.05) is 28.7 Å². The number of hydrogen-bond donors (Lipinski definition) is 1. The van der Waals surface area contributed by atoms with Crippen LogP contribution in [0.25, 0.3) is 0 Å². The molecule has 1 heterocycles. The zero-order valence-electron chi connectivity index (χ0n) is 16.4. The maximum absolute atomic E-state index is 13.2. The van der Waals surface area contributed by atoms with Gasteiger partial charge >= 0.3 is 0 Å². The number of carbonyl (C=O) groups is 3. The minimum absolute atomic E-state index is 0.174. The third kappa shape index (κ3) is 3.97. The quantitative estimate of drug-likeness (QED) is 0.646. The highest BCUT2D eigenvalue weighted by atomic mass is 79.9. The SMILES string of the molecule is CCN(CC)C(=O)CN1C(=O)[C@](O)(CC(=O)c2ccc(Br)cc2)c2ccccc21. The van der Waals surface area contributed by atoms with Crippen LogP contribution in [0.1, 0.15) is 36.2 Å². The number of benzene rings is 2. The van der Waals surface area contributed by atoms with Crippen molar-refractivity contribution in [1.82, 2.24) is 4.90 Å². The molecule has 7 heteroatoms. The highest BCUT2D eigenvalue weighted by molar-refractivity contribution is 9.10. The molecule has 0 bridgehead atoms. The van der Waals surface area contributed by atoms with Gasteiger partial charge in [0.15, 0.2) is 11.4 Å². The van der Waals surface area contributed by atoms with E-state index in [-0.39, 0.29) is 24.7 Å². The lowest BCUT2D eigenvalue weighted by Crippen LogP contribution is -2.46. The first-order valence-electron chi connectivity index (χ1n) is 9.52. The minimum Gasteiger partial charge on any atom is -0.375 e. The molecule has 2 aromatic rings. The molecule has 152 valence electrons.